The number of hydrogen-bond acceptors (Lipinski definition) is 2. The van der Waals surface area contributed by atoms with Crippen LogP contribution < -0.4 is 4.90 Å². The predicted molar refractivity (Wildman–Crippen MR) is 234 cm³/mol. The average Bonchev–Trinajstić information content (AvgIpc) is 3.78. The smallest absolute Gasteiger partial charge is 0.145 e. The second kappa shape index (κ2) is 13.9. The van der Waals surface area contributed by atoms with Crippen molar-refractivity contribution >= 4 is 39.7 Å². The molecule has 2 aliphatic carbocycles. The van der Waals surface area contributed by atoms with Crippen molar-refractivity contribution in [2.24, 2.45) is 0 Å². The molecule has 1 spiro atoms. The standard InChI is InChI=1S/C53H39N3/c1-38-29-31-39-33-34-44(55(41-17-5-2-6-18-41)42-19-7-3-8-20-42)37-49(39)53(47-25-13-11-23-45(47)46-24-12-14-26-48(46)53)36-35-40(32-30-38)52-54-50-27-15-16-28-51(50)56(52)43-21-9-4-10-22-43/h2-35,37H,1,36H2/b31-29?,32-30-,40-35+. The largest absolute Gasteiger partial charge is 0.310 e. The maximum Gasteiger partial charge on any atom is 0.145 e. The number of rotatable bonds is 5. The fourth-order valence-corrected chi connectivity index (χ4v) is 8.75. The van der Waals surface area contributed by atoms with Crippen LogP contribution in [0.1, 0.15) is 34.5 Å². The van der Waals surface area contributed by atoms with Gasteiger partial charge in [0.1, 0.15) is 5.82 Å². The summed E-state index contributed by atoms with van der Waals surface area (Å²) >= 11 is 0. The van der Waals surface area contributed by atoms with Crippen LogP contribution in [0.2, 0.25) is 0 Å². The van der Waals surface area contributed by atoms with Gasteiger partial charge in [-0.2, -0.15) is 0 Å². The summed E-state index contributed by atoms with van der Waals surface area (Å²) in [7, 11) is 0. The number of aromatic nitrogens is 2. The molecule has 1 aromatic heterocycles. The quantitative estimate of drug-likeness (QED) is 0.177. The lowest BCUT2D eigenvalue weighted by Gasteiger charge is -2.35. The molecule has 266 valence electrons. The van der Waals surface area contributed by atoms with E-state index in [1.165, 1.54) is 27.8 Å². The van der Waals surface area contributed by atoms with Crippen molar-refractivity contribution in [3.05, 3.63) is 247 Å². The minimum absolute atomic E-state index is 0.531. The van der Waals surface area contributed by atoms with Gasteiger partial charge in [-0.1, -0.05) is 158 Å². The van der Waals surface area contributed by atoms with Crippen LogP contribution >= 0.6 is 0 Å². The zero-order chi connectivity index (χ0) is 37.5. The van der Waals surface area contributed by atoms with E-state index in [-0.39, 0.29) is 0 Å². The molecule has 0 N–H and O–H groups in total. The number of fused-ring (bicyclic) bond motifs is 8. The molecule has 0 atom stereocenters. The zero-order valence-electron chi connectivity index (χ0n) is 31.0. The maximum absolute atomic E-state index is 5.33. The molecule has 0 aliphatic heterocycles. The minimum Gasteiger partial charge on any atom is -0.310 e. The molecule has 0 amide bonds. The van der Waals surface area contributed by atoms with E-state index in [1.54, 1.807) is 0 Å². The number of hydrogen-bond donors (Lipinski definition) is 0. The minimum atomic E-state index is -0.531. The van der Waals surface area contributed by atoms with Crippen LogP contribution in [0.4, 0.5) is 17.1 Å². The lowest BCUT2D eigenvalue weighted by atomic mass is 9.68. The highest BCUT2D eigenvalue weighted by Gasteiger charge is 2.45. The number of allylic oxidation sites excluding steroid dienone is 6. The number of nitrogens with zero attached hydrogens (tertiary/aromatic N) is 3. The van der Waals surface area contributed by atoms with Gasteiger partial charge < -0.3 is 4.90 Å². The predicted octanol–water partition coefficient (Wildman–Crippen LogP) is 13.4. The molecule has 7 aromatic carbocycles. The third kappa shape index (κ3) is 5.56. The van der Waals surface area contributed by atoms with Gasteiger partial charge in [0.2, 0.25) is 0 Å². The van der Waals surface area contributed by atoms with E-state index >= 15 is 0 Å². The van der Waals surface area contributed by atoms with E-state index in [1.807, 2.05) is 0 Å². The summed E-state index contributed by atoms with van der Waals surface area (Å²) in [6.45, 7) is 4.49. The first-order valence-electron chi connectivity index (χ1n) is 19.2. The summed E-state index contributed by atoms with van der Waals surface area (Å²) in [5, 5.41) is 0. The molecular weight excluding hydrogens is 679 g/mol. The van der Waals surface area contributed by atoms with Crippen molar-refractivity contribution in [2.75, 3.05) is 4.90 Å². The van der Waals surface area contributed by atoms with Gasteiger partial charge in [0, 0.05) is 28.3 Å². The van der Waals surface area contributed by atoms with Crippen molar-refractivity contribution in [1.29, 1.82) is 0 Å². The molecule has 0 radical (unpaired) electrons. The van der Waals surface area contributed by atoms with Crippen LogP contribution in [-0.4, -0.2) is 9.55 Å². The van der Waals surface area contributed by atoms with Crippen molar-refractivity contribution in [3.63, 3.8) is 0 Å². The Morgan fingerprint density at radius 2 is 1.09 bits per heavy atom. The second-order valence-electron chi connectivity index (χ2n) is 14.5. The van der Waals surface area contributed by atoms with Gasteiger partial charge in [0.15, 0.2) is 0 Å². The Kier molecular flexibility index (Phi) is 8.26. The van der Waals surface area contributed by atoms with Crippen molar-refractivity contribution in [2.45, 2.75) is 11.8 Å². The van der Waals surface area contributed by atoms with Crippen LogP contribution in [-0.2, 0) is 5.41 Å². The molecule has 1 heterocycles. The molecule has 10 rings (SSSR count). The lowest BCUT2D eigenvalue weighted by Crippen LogP contribution is -2.28. The Hall–Kier alpha value is -7.23. The molecule has 0 fully saturated rings. The van der Waals surface area contributed by atoms with Gasteiger partial charge in [-0.05, 0) is 106 Å². The average molecular weight is 718 g/mol. The first-order chi connectivity index (χ1) is 27.7. The highest BCUT2D eigenvalue weighted by atomic mass is 15.1. The third-order valence-electron chi connectivity index (χ3n) is 11.3. The van der Waals surface area contributed by atoms with Gasteiger partial charge in [-0.25, -0.2) is 4.98 Å². The first kappa shape index (κ1) is 33.3. The van der Waals surface area contributed by atoms with E-state index in [2.05, 4.69) is 228 Å². The van der Waals surface area contributed by atoms with Gasteiger partial charge in [0.05, 0.1) is 16.4 Å². The summed E-state index contributed by atoms with van der Waals surface area (Å²) in [5.41, 5.74) is 15.3. The molecule has 0 saturated carbocycles. The monoisotopic (exact) mass is 717 g/mol. The third-order valence-corrected chi connectivity index (χ3v) is 11.3. The maximum atomic E-state index is 5.33. The molecule has 8 aromatic rings. The van der Waals surface area contributed by atoms with E-state index in [4.69, 9.17) is 4.98 Å². The second-order valence-corrected chi connectivity index (χ2v) is 14.5. The SMILES string of the molecule is C=C1C=Cc2ccc(N(c3ccccc3)c3ccccc3)cc2C2(C/C=C(c3nc4ccccc4n3-c3ccccc3)\C=C/1)c1ccccc1-c1ccccc12. The van der Waals surface area contributed by atoms with E-state index in [0.717, 1.165) is 56.3 Å². The van der Waals surface area contributed by atoms with Gasteiger partial charge >= 0.3 is 0 Å². The van der Waals surface area contributed by atoms with Crippen molar-refractivity contribution < 1.29 is 0 Å². The zero-order valence-corrected chi connectivity index (χ0v) is 31.0. The van der Waals surface area contributed by atoms with E-state index in [9.17, 15) is 0 Å². The number of imidazole rings is 1. The van der Waals surface area contributed by atoms with Crippen LogP contribution in [0, 0.1) is 0 Å². The molecule has 3 nitrogen and oxygen atoms in total. The molecule has 0 unspecified atom stereocenters. The van der Waals surface area contributed by atoms with Crippen LogP contribution in [0.25, 0.3) is 39.5 Å². The number of para-hydroxylation sites is 5. The summed E-state index contributed by atoms with van der Waals surface area (Å²) in [4.78, 5) is 7.69. The molecular formula is C53H39N3. The Balaban J connectivity index is 1.27. The van der Waals surface area contributed by atoms with Gasteiger partial charge in [-0.3, -0.25) is 4.57 Å². The Labute approximate surface area is 328 Å². The number of anilines is 3. The summed E-state index contributed by atoms with van der Waals surface area (Å²) in [5.74, 6) is 0.896. The fraction of sp³-hybridized carbons (Fsp3) is 0.0377. The van der Waals surface area contributed by atoms with Gasteiger partial charge in [0.25, 0.3) is 0 Å². The van der Waals surface area contributed by atoms with E-state index < -0.39 is 5.41 Å². The number of benzene rings is 7. The Morgan fingerprint density at radius 3 is 1.77 bits per heavy atom. The molecule has 0 bridgehead atoms. The van der Waals surface area contributed by atoms with Crippen LogP contribution in [0.3, 0.4) is 0 Å². The first-order valence-corrected chi connectivity index (χ1v) is 19.2. The van der Waals surface area contributed by atoms with Crippen molar-refractivity contribution in [3.8, 4) is 16.8 Å². The Bertz CT molecular complexity index is 2760. The molecule has 2 aliphatic rings. The van der Waals surface area contributed by atoms with Crippen molar-refractivity contribution in [1.82, 2.24) is 9.55 Å². The van der Waals surface area contributed by atoms with Crippen LogP contribution in [0.5, 0.6) is 0 Å². The Morgan fingerprint density at radius 1 is 0.518 bits per heavy atom. The highest BCUT2D eigenvalue weighted by molar-refractivity contribution is 5.88. The molecule has 56 heavy (non-hydrogen) atoms. The lowest BCUT2D eigenvalue weighted by molar-refractivity contribution is 0.644. The summed E-state index contributed by atoms with van der Waals surface area (Å²) in [6, 6.07) is 65.2. The molecule has 3 heteroatoms. The summed E-state index contributed by atoms with van der Waals surface area (Å²) < 4.78 is 2.29. The normalized spacial score (nSPS) is 15.6. The van der Waals surface area contributed by atoms with E-state index in [0.29, 0.717) is 6.42 Å². The van der Waals surface area contributed by atoms with Crippen LogP contribution in [0.15, 0.2) is 218 Å². The van der Waals surface area contributed by atoms with Gasteiger partial charge in [-0.15, -0.1) is 0 Å². The fourth-order valence-electron chi connectivity index (χ4n) is 8.75. The summed E-state index contributed by atoms with van der Waals surface area (Å²) in [6.07, 6.45) is 11.8. The topological polar surface area (TPSA) is 21.1 Å². The molecule has 0 saturated heterocycles. The highest BCUT2D eigenvalue weighted by Crippen LogP contribution is 2.56.